The van der Waals surface area contributed by atoms with E-state index >= 15 is 0 Å². The van der Waals surface area contributed by atoms with Crippen molar-refractivity contribution in [2.45, 2.75) is 44.4 Å². The molecule has 0 saturated carbocycles. The molecule has 0 aliphatic heterocycles. The van der Waals surface area contributed by atoms with Gasteiger partial charge in [-0.3, -0.25) is 9.10 Å². The number of hydrogen-bond donors (Lipinski definition) is 1. The molecule has 1 amide bonds. The van der Waals surface area contributed by atoms with Crippen molar-refractivity contribution in [2.75, 3.05) is 17.4 Å². The summed E-state index contributed by atoms with van der Waals surface area (Å²) in [5, 5.41) is 2.87. The molecule has 3 aromatic carbocycles. The van der Waals surface area contributed by atoms with Gasteiger partial charge in [0.2, 0.25) is 5.91 Å². The van der Waals surface area contributed by atoms with Gasteiger partial charge in [-0.1, -0.05) is 74.0 Å². The van der Waals surface area contributed by atoms with Gasteiger partial charge < -0.3 is 5.32 Å². The zero-order valence-electron chi connectivity index (χ0n) is 19.5. The van der Waals surface area contributed by atoms with Crippen molar-refractivity contribution in [1.82, 2.24) is 5.32 Å². The van der Waals surface area contributed by atoms with Crippen molar-refractivity contribution < 1.29 is 13.2 Å². The molecule has 0 unspecified atom stereocenters. The van der Waals surface area contributed by atoms with E-state index < -0.39 is 10.0 Å². The summed E-state index contributed by atoms with van der Waals surface area (Å²) in [7, 11) is -3.90. The molecule has 0 spiro atoms. The average molecular weight is 465 g/mol. The van der Waals surface area contributed by atoms with Gasteiger partial charge in [-0.05, 0) is 61.1 Å². The van der Waals surface area contributed by atoms with Crippen LogP contribution in [0.1, 0.15) is 42.9 Å². The number of anilines is 1. The topological polar surface area (TPSA) is 66.5 Å². The summed E-state index contributed by atoms with van der Waals surface area (Å²) >= 11 is 0. The van der Waals surface area contributed by atoms with Crippen LogP contribution in [0.15, 0.2) is 83.8 Å². The summed E-state index contributed by atoms with van der Waals surface area (Å²) in [5.41, 5.74) is 3.76. The Hall–Kier alpha value is -3.12. The van der Waals surface area contributed by atoms with Crippen molar-refractivity contribution in [3.63, 3.8) is 0 Å². The molecule has 0 aromatic heterocycles. The maximum absolute atomic E-state index is 13.5. The maximum Gasteiger partial charge on any atom is 0.264 e. The fourth-order valence-corrected chi connectivity index (χ4v) is 4.95. The molecule has 0 atom stereocenters. The molecule has 6 heteroatoms. The predicted molar refractivity (Wildman–Crippen MR) is 134 cm³/mol. The standard InChI is InChI=1S/C27H32N2O3S/c1-21(2)24-13-15-25(16-14-24)29(33(31,32)26-17-11-22(3)12-18-26)20-27(30)28-19-7-10-23-8-5-4-6-9-23/h4-6,8-9,11-18,21H,7,10,19-20H2,1-3H3,(H,28,30). The van der Waals surface area contributed by atoms with Gasteiger partial charge in [0.05, 0.1) is 10.6 Å². The summed E-state index contributed by atoms with van der Waals surface area (Å²) in [6, 6.07) is 24.1. The molecule has 0 saturated heterocycles. The number of carbonyl (C=O) groups excluding carboxylic acids is 1. The Balaban J connectivity index is 1.75. The lowest BCUT2D eigenvalue weighted by Gasteiger charge is -2.24. The number of aryl methyl sites for hydroxylation is 2. The van der Waals surface area contributed by atoms with Crippen molar-refractivity contribution in [3.8, 4) is 0 Å². The monoisotopic (exact) mass is 464 g/mol. The molecule has 0 heterocycles. The van der Waals surface area contributed by atoms with Crippen LogP contribution in [0.4, 0.5) is 5.69 Å². The second-order valence-corrected chi connectivity index (χ2v) is 10.4. The van der Waals surface area contributed by atoms with Gasteiger partial charge in [-0.2, -0.15) is 0 Å². The van der Waals surface area contributed by atoms with Crippen molar-refractivity contribution in [3.05, 3.63) is 95.6 Å². The fourth-order valence-electron chi connectivity index (χ4n) is 3.53. The first-order valence-corrected chi connectivity index (χ1v) is 12.7. The Morgan fingerprint density at radius 3 is 2.15 bits per heavy atom. The first-order chi connectivity index (χ1) is 15.8. The van der Waals surface area contributed by atoms with Crippen LogP contribution in [-0.2, 0) is 21.2 Å². The molecule has 0 aliphatic carbocycles. The molecule has 3 rings (SSSR count). The largest absolute Gasteiger partial charge is 0.355 e. The van der Waals surface area contributed by atoms with Crippen LogP contribution >= 0.6 is 0 Å². The van der Waals surface area contributed by atoms with Gasteiger partial charge in [-0.25, -0.2) is 8.42 Å². The van der Waals surface area contributed by atoms with Crippen molar-refractivity contribution >= 4 is 21.6 Å². The molecule has 0 aliphatic rings. The molecule has 0 bridgehead atoms. The lowest BCUT2D eigenvalue weighted by molar-refractivity contribution is -0.119. The van der Waals surface area contributed by atoms with Gasteiger partial charge in [0.15, 0.2) is 0 Å². The number of sulfonamides is 1. The van der Waals surface area contributed by atoms with E-state index in [4.69, 9.17) is 0 Å². The summed E-state index contributed by atoms with van der Waals surface area (Å²) < 4.78 is 28.1. The number of carbonyl (C=O) groups is 1. The predicted octanol–water partition coefficient (Wildman–Crippen LogP) is 5.06. The van der Waals surface area contributed by atoms with Gasteiger partial charge in [0, 0.05) is 6.54 Å². The minimum Gasteiger partial charge on any atom is -0.355 e. The average Bonchev–Trinajstić information content (AvgIpc) is 2.81. The number of rotatable bonds is 10. The lowest BCUT2D eigenvalue weighted by atomic mass is 10.0. The Labute approximate surface area is 197 Å². The number of nitrogens with zero attached hydrogens (tertiary/aromatic N) is 1. The van der Waals surface area contributed by atoms with E-state index in [-0.39, 0.29) is 17.3 Å². The first-order valence-electron chi connectivity index (χ1n) is 11.3. The Kier molecular flexibility index (Phi) is 8.28. The third-order valence-corrected chi connectivity index (χ3v) is 7.34. The minimum absolute atomic E-state index is 0.165. The summed E-state index contributed by atoms with van der Waals surface area (Å²) in [5.74, 6) is 0.000744. The SMILES string of the molecule is Cc1ccc(S(=O)(=O)N(CC(=O)NCCCc2ccccc2)c2ccc(C(C)C)cc2)cc1. The van der Waals surface area contributed by atoms with Gasteiger partial charge in [-0.15, -0.1) is 0 Å². The van der Waals surface area contributed by atoms with Crippen LogP contribution in [0.25, 0.3) is 0 Å². The molecule has 0 radical (unpaired) electrons. The van der Waals surface area contributed by atoms with Crippen molar-refractivity contribution in [2.24, 2.45) is 0 Å². The molecular weight excluding hydrogens is 432 g/mol. The molecule has 3 aromatic rings. The van der Waals surface area contributed by atoms with Gasteiger partial charge in [0.1, 0.15) is 6.54 Å². The number of amides is 1. The van der Waals surface area contributed by atoms with E-state index in [0.717, 1.165) is 24.0 Å². The van der Waals surface area contributed by atoms with E-state index in [0.29, 0.717) is 18.2 Å². The summed E-state index contributed by atoms with van der Waals surface area (Å²) in [6.07, 6.45) is 1.63. The molecule has 0 fully saturated rings. The Morgan fingerprint density at radius 2 is 1.55 bits per heavy atom. The maximum atomic E-state index is 13.5. The third kappa shape index (κ3) is 6.68. The van der Waals surface area contributed by atoms with E-state index in [1.165, 1.54) is 9.87 Å². The highest BCUT2D eigenvalue weighted by Crippen LogP contribution is 2.26. The second kappa shape index (κ2) is 11.1. The van der Waals surface area contributed by atoms with Crippen LogP contribution in [0.5, 0.6) is 0 Å². The highest BCUT2D eigenvalue weighted by molar-refractivity contribution is 7.92. The van der Waals surface area contributed by atoms with Crippen LogP contribution in [0.2, 0.25) is 0 Å². The number of nitrogens with one attached hydrogen (secondary N) is 1. The molecule has 5 nitrogen and oxygen atoms in total. The second-order valence-electron chi connectivity index (χ2n) is 8.51. The quantitative estimate of drug-likeness (QED) is 0.426. The number of hydrogen-bond acceptors (Lipinski definition) is 3. The lowest BCUT2D eigenvalue weighted by Crippen LogP contribution is -2.41. The minimum atomic E-state index is -3.90. The van der Waals surface area contributed by atoms with E-state index in [1.54, 1.807) is 36.4 Å². The van der Waals surface area contributed by atoms with E-state index in [1.807, 2.05) is 37.3 Å². The zero-order valence-corrected chi connectivity index (χ0v) is 20.3. The summed E-state index contributed by atoms with van der Waals surface area (Å²) in [6.45, 7) is 6.28. The molecule has 33 heavy (non-hydrogen) atoms. The number of benzene rings is 3. The molecule has 174 valence electrons. The highest BCUT2D eigenvalue weighted by atomic mass is 32.2. The normalized spacial score (nSPS) is 11.4. The molecular formula is C27H32N2O3S. The van der Waals surface area contributed by atoms with E-state index in [9.17, 15) is 13.2 Å². The van der Waals surface area contributed by atoms with Crippen LogP contribution in [0, 0.1) is 6.92 Å². The third-order valence-electron chi connectivity index (χ3n) is 5.55. The Bertz CT molecular complexity index is 1140. The van der Waals surface area contributed by atoms with Crippen molar-refractivity contribution in [1.29, 1.82) is 0 Å². The van der Waals surface area contributed by atoms with Crippen LogP contribution < -0.4 is 9.62 Å². The Morgan fingerprint density at radius 1 is 0.909 bits per heavy atom. The zero-order chi connectivity index (χ0) is 23.8. The van der Waals surface area contributed by atoms with Gasteiger partial charge >= 0.3 is 0 Å². The molecule has 1 N–H and O–H groups in total. The first kappa shape index (κ1) is 24.5. The van der Waals surface area contributed by atoms with Crippen LogP contribution in [-0.4, -0.2) is 27.4 Å². The fraction of sp³-hybridized carbons (Fsp3) is 0.296. The summed E-state index contributed by atoms with van der Waals surface area (Å²) in [4.78, 5) is 12.9. The van der Waals surface area contributed by atoms with Crippen LogP contribution in [0.3, 0.4) is 0 Å². The highest BCUT2D eigenvalue weighted by Gasteiger charge is 2.27. The van der Waals surface area contributed by atoms with Gasteiger partial charge in [0.25, 0.3) is 10.0 Å². The van der Waals surface area contributed by atoms with E-state index in [2.05, 4.69) is 31.3 Å². The smallest absolute Gasteiger partial charge is 0.264 e.